The van der Waals surface area contributed by atoms with Crippen molar-refractivity contribution in [1.82, 2.24) is 4.90 Å². The SMILES string of the molecule is CN1C(=O)C(C/C=C/c2cccc(N)c2)[C@@](C)(c2cc(-c3cccc(C#N)c3)cs2)N=C1N. The second-order valence-corrected chi connectivity index (χ2v) is 9.18. The van der Waals surface area contributed by atoms with Gasteiger partial charge in [0.15, 0.2) is 5.96 Å². The maximum atomic E-state index is 13.3. The number of aliphatic imine (C=N–C) groups is 1. The van der Waals surface area contributed by atoms with Gasteiger partial charge in [-0.1, -0.05) is 36.4 Å². The number of hydrogen-bond acceptors (Lipinski definition) is 6. The van der Waals surface area contributed by atoms with Gasteiger partial charge in [0.1, 0.15) is 5.54 Å². The van der Waals surface area contributed by atoms with Crippen molar-refractivity contribution >= 4 is 35.0 Å². The van der Waals surface area contributed by atoms with Crippen molar-refractivity contribution in [3.63, 3.8) is 0 Å². The summed E-state index contributed by atoms with van der Waals surface area (Å²) >= 11 is 1.55. The summed E-state index contributed by atoms with van der Waals surface area (Å²) in [5.74, 6) is -0.271. The molecular formula is C26H25N5OS. The molecule has 1 aliphatic rings. The normalized spacial score (nSPS) is 20.6. The molecule has 166 valence electrons. The topological polar surface area (TPSA) is 108 Å². The Hall–Kier alpha value is -3.89. The van der Waals surface area contributed by atoms with Crippen LogP contribution in [-0.4, -0.2) is 23.8 Å². The molecule has 0 fully saturated rings. The Morgan fingerprint density at radius 1 is 1.18 bits per heavy atom. The molecule has 4 N–H and O–H groups in total. The van der Waals surface area contributed by atoms with Gasteiger partial charge in [-0.2, -0.15) is 5.26 Å². The largest absolute Gasteiger partial charge is 0.399 e. The number of hydrogen-bond donors (Lipinski definition) is 2. The van der Waals surface area contributed by atoms with Gasteiger partial charge in [-0.3, -0.25) is 9.69 Å². The lowest BCUT2D eigenvalue weighted by Crippen LogP contribution is -2.53. The number of anilines is 1. The fraction of sp³-hybridized carbons (Fsp3) is 0.192. The smallest absolute Gasteiger partial charge is 0.235 e. The second-order valence-electron chi connectivity index (χ2n) is 8.27. The molecule has 0 bridgehead atoms. The molecule has 1 amide bonds. The Labute approximate surface area is 197 Å². The number of guanidine groups is 1. The minimum absolute atomic E-state index is 0.0661. The van der Waals surface area contributed by atoms with Crippen LogP contribution in [0.15, 0.2) is 71.0 Å². The predicted molar refractivity (Wildman–Crippen MR) is 134 cm³/mol. The van der Waals surface area contributed by atoms with Crippen LogP contribution in [0.25, 0.3) is 17.2 Å². The Bertz CT molecular complexity index is 1300. The van der Waals surface area contributed by atoms with E-state index in [4.69, 9.17) is 16.5 Å². The highest BCUT2D eigenvalue weighted by Crippen LogP contribution is 2.44. The lowest BCUT2D eigenvalue weighted by Gasteiger charge is -2.39. The van der Waals surface area contributed by atoms with E-state index in [0.29, 0.717) is 17.7 Å². The molecule has 0 aliphatic carbocycles. The van der Waals surface area contributed by atoms with E-state index in [1.807, 2.05) is 73.0 Å². The van der Waals surface area contributed by atoms with Crippen molar-refractivity contribution in [2.45, 2.75) is 18.9 Å². The lowest BCUT2D eigenvalue weighted by atomic mass is 9.79. The molecule has 1 aliphatic heterocycles. The highest BCUT2D eigenvalue weighted by molar-refractivity contribution is 7.10. The second kappa shape index (κ2) is 8.93. The van der Waals surface area contributed by atoms with E-state index in [1.165, 1.54) is 4.90 Å². The zero-order valence-corrected chi connectivity index (χ0v) is 19.3. The molecule has 3 aromatic rings. The summed E-state index contributed by atoms with van der Waals surface area (Å²) in [7, 11) is 1.66. The predicted octanol–water partition coefficient (Wildman–Crippen LogP) is 4.59. The Kier molecular flexibility index (Phi) is 6.03. The van der Waals surface area contributed by atoms with Crippen LogP contribution in [0.4, 0.5) is 5.69 Å². The molecule has 1 unspecified atom stereocenters. The minimum Gasteiger partial charge on any atom is -0.399 e. The van der Waals surface area contributed by atoms with Gasteiger partial charge in [0.05, 0.1) is 17.6 Å². The first-order valence-electron chi connectivity index (χ1n) is 10.6. The first-order valence-corrected chi connectivity index (χ1v) is 11.4. The minimum atomic E-state index is -0.802. The maximum absolute atomic E-state index is 13.3. The maximum Gasteiger partial charge on any atom is 0.235 e. The number of amides is 1. The van der Waals surface area contributed by atoms with Crippen molar-refractivity contribution < 1.29 is 4.79 Å². The highest BCUT2D eigenvalue weighted by atomic mass is 32.1. The zero-order valence-electron chi connectivity index (χ0n) is 18.5. The number of carbonyl (C=O) groups excluding carboxylic acids is 1. The number of carbonyl (C=O) groups is 1. The Morgan fingerprint density at radius 3 is 2.73 bits per heavy atom. The molecule has 6 nitrogen and oxygen atoms in total. The molecule has 0 radical (unpaired) electrons. The molecule has 2 heterocycles. The van der Waals surface area contributed by atoms with Crippen molar-refractivity contribution in [3.8, 4) is 17.2 Å². The first-order chi connectivity index (χ1) is 15.8. The zero-order chi connectivity index (χ0) is 23.6. The molecule has 7 heteroatoms. The van der Waals surface area contributed by atoms with E-state index in [2.05, 4.69) is 6.07 Å². The number of nitrogens with zero attached hydrogens (tertiary/aromatic N) is 3. The van der Waals surface area contributed by atoms with Crippen molar-refractivity contribution in [2.75, 3.05) is 12.8 Å². The summed E-state index contributed by atoms with van der Waals surface area (Å²) < 4.78 is 0. The van der Waals surface area contributed by atoms with Gasteiger partial charge in [-0.25, -0.2) is 4.99 Å². The Balaban J connectivity index is 1.68. The number of nitrogen functional groups attached to an aromatic ring is 1. The average molecular weight is 456 g/mol. The Morgan fingerprint density at radius 2 is 1.97 bits per heavy atom. The fourth-order valence-corrected chi connectivity index (χ4v) is 5.14. The van der Waals surface area contributed by atoms with Crippen LogP contribution in [-0.2, 0) is 10.3 Å². The number of benzene rings is 2. The molecule has 33 heavy (non-hydrogen) atoms. The standard InChI is InChI=1S/C26H25N5OS/c1-26(23-14-20(16-33-23)19-9-3-8-18(12-19)15-27)22(24(32)31(2)25(29)30-26)11-5-7-17-6-4-10-21(28)13-17/h3-10,12-14,16,22H,11,28H2,1-2H3,(H2,29,30)/b7-5+/t22?,26-/m0/s1. The van der Waals surface area contributed by atoms with E-state index in [9.17, 15) is 10.1 Å². The van der Waals surface area contributed by atoms with Gasteiger partial charge in [-0.05, 0) is 65.7 Å². The van der Waals surface area contributed by atoms with E-state index >= 15 is 0 Å². The summed E-state index contributed by atoms with van der Waals surface area (Å²) in [5.41, 5.74) is 15.4. The van der Waals surface area contributed by atoms with Gasteiger partial charge < -0.3 is 11.5 Å². The first kappa shape index (κ1) is 22.3. The van der Waals surface area contributed by atoms with Crippen LogP contribution in [0, 0.1) is 17.2 Å². The number of nitrogens with two attached hydrogens (primary N) is 2. The van der Waals surface area contributed by atoms with Gasteiger partial charge in [0.2, 0.25) is 5.91 Å². The summed E-state index contributed by atoms with van der Waals surface area (Å²) in [6, 6.07) is 19.3. The summed E-state index contributed by atoms with van der Waals surface area (Å²) in [5, 5.41) is 11.3. The number of nitriles is 1. The molecule has 2 aromatic carbocycles. The number of allylic oxidation sites excluding steroid dienone is 1. The van der Waals surface area contributed by atoms with Gasteiger partial charge in [0, 0.05) is 17.6 Å². The molecule has 4 rings (SSSR count). The molecule has 2 atom stereocenters. The fourth-order valence-electron chi connectivity index (χ4n) is 4.06. The van der Waals surface area contributed by atoms with E-state index in [-0.39, 0.29) is 11.9 Å². The van der Waals surface area contributed by atoms with E-state index < -0.39 is 11.5 Å². The van der Waals surface area contributed by atoms with Crippen LogP contribution in [0.2, 0.25) is 0 Å². The quantitative estimate of drug-likeness (QED) is 0.548. The monoisotopic (exact) mass is 455 g/mol. The highest BCUT2D eigenvalue weighted by Gasteiger charge is 2.46. The third-order valence-corrected chi connectivity index (χ3v) is 7.17. The lowest BCUT2D eigenvalue weighted by molar-refractivity contribution is -0.133. The third-order valence-electron chi connectivity index (χ3n) is 6.01. The van der Waals surface area contributed by atoms with Crippen LogP contribution in [0.1, 0.15) is 29.3 Å². The van der Waals surface area contributed by atoms with Gasteiger partial charge in [0.25, 0.3) is 0 Å². The van der Waals surface area contributed by atoms with Crippen LogP contribution in [0.5, 0.6) is 0 Å². The molecule has 1 aromatic heterocycles. The molecular weight excluding hydrogens is 430 g/mol. The van der Waals surface area contributed by atoms with Crippen molar-refractivity contribution in [2.24, 2.45) is 16.6 Å². The summed E-state index contributed by atoms with van der Waals surface area (Å²) in [4.78, 5) is 20.4. The third kappa shape index (κ3) is 4.38. The average Bonchev–Trinajstić information content (AvgIpc) is 3.31. The molecule has 0 saturated heterocycles. The van der Waals surface area contributed by atoms with Gasteiger partial charge >= 0.3 is 0 Å². The van der Waals surface area contributed by atoms with Crippen molar-refractivity contribution in [3.05, 3.63) is 82.1 Å². The number of rotatable bonds is 5. The molecule has 0 spiro atoms. The van der Waals surface area contributed by atoms with Gasteiger partial charge in [-0.15, -0.1) is 11.3 Å². The summed E-state index contributed by atoms with van der Waals surface area (Å²) in [6.45, 7) is 1.96. The number of thiophene rings is 1. The van der Waals surface area contributed by atoms with Crippen LogP contribution < -0.4 is 11.5 Å². The van der Waals surface area contributed by atoms with Crippen molar-refractivity contribution in [1.29, 1.82) is 5.26 Å². The summed E-state index contributed by atoms with van der Waals surface area (Å²) in [6.07, 6.45) is 4.47. The van der Waals surface area contributed by atoms with Crippen LogP contribution in [0.3, 0.4) is 0 Å². The van der Waals surface area contributed by atoms with Crippen LogP contribution >= 0.6 is 11.3 Å². The van der Waals surface area contributed by atoms with E-state index in [1.54, 1.807) is 24.5 Å². The molecule has 0 saturated carbocycles. The van der Waals surface area contributed by atoms with E-state index in [0.717, 1.165) is 21.6 Å².